The van der Waals surface area contributed by atoms with Crippen molar-refractivity contribution in [1.29, 1.82) is 0 Å². The number of ketones is 1. The van der Waals surface area contributed by atoms with E-state index in [1.807, 2.05) is 54.6 Å². The molecule has 1 aliphatic heterocycles. The van der Waals surface area contributed by atoms with E-state index in [4.69, 9.17) is 4.74 Å². The first kappa shape index (κ1) is 18.6. The molecule has 1 heterocycles. The zero-order chi connectivity index (χ0) is 19.2. The Hall–Kier alpha value is -3.15. The summed E-state index contributed by atoms with van der Waals surface area (Å²) in [6.07, 6.45) is 0.427. The van der Waals surface area contributed by atoms with Gasteiger partial charge >= 0.3 is 6.09 Å². The molecule has 140 valence electrons. The molecule has 0 saturated heterocycles. The monoisotopic (exact) mass is 366 g/mol. The minimum absolute atomic E-state index is 0.0207. The number of benzene rings is 2. The highest BCUT2D eigenvalue weighted by atomic mass is 16.5. The molecule has 0 radical (unpaired) electrons. The van der Waals surface area contributed by atoms with Crippen LogP contribution in [-0.4, -0.2) is 30.4 Å². The summed E-state index contributed by atoms with van der Waals surface area (Å²) >= 11 is 0. The van der Waals surface area contributed by atoms with Gasteiger partial charge in [0.05, 0.1) is 6.54 Å². The Morgan fingerprint density at radius 1 is 1.11 bits per heavy atom. The van der Waals surface area contributed by atoms with E-state index in [0.717, 1.165) is 16.8 Å². The minimum atomic E-state index is -0.736. The number of rotatable bonds is 5. The Kier molecular flexibility index (Phi) is 5.86. The van der Waals surface area contributed by atoms with Crippen molar-refractivity contribution in [2.75, 3.05) is 11.4 Å². The van der Waals surface area contributed by atoms with E-state index in [2.05, 4.69) is 5.32 Å². The first-order valence-corrected chi connectivity index (χ1v) is 8.90. The Morgan fingerprint density at radius 2 is 1.81 bits per heavy atom. The Bertz CT molecular complexity index is 835. The normalized spacial score (nSPS) is 16.3. The second kappa shape index (κ2) is 8.49. The van der Waals surface area contributed by atoms with Gasteiger partial charge < -0.3 is 15.0 Å². The molecule has 0 aliphatic carbocycles. The molecule has 0 spiro atoms. The van der Waals surface area contributed by atoms with Gasteiger partial charge in [-0.25, -0.2) is 4.79 Å². The van der Waals surface area contributed by atoms with E-state index in [9.17, 15) is 14.4 Å². The lowest BCUT2D eigenvalue weighted by molar-refractivity contribution is -0.123. The van der Waals surface area contributed by atoms with E-state index in [1.165, 1.54) is 11.8 Å². The molecular formula is C21H22N2O4. The van der Waals surface area contributed by atoms with Crippen LogP contribution in [0.25, 0.3) is 0 Å². The summed E-state index contributed by atoms with van der Waals surface area (Å²) in [4.78, 5) is 38.2. The maximum atomic E-state index is 13.0. The van der Waals surface area contributed by atoms with Crippen molar-refractivity contribution in [2.45, 2.75) is 32.4 Å². The number of ether oxygens (including phenoxy) is 1. The molecule has 2 amide bonds. The zero-order valence-electron chi connectivity index (χ0n) is 15.2. The second-order valence-corrected chi connectivity index (χ2v) is 6.55. The summed E-state index contributed by atoms with van der Waals surface area (Å²) in [6.45, 7) is 1.55. The highest BCUT2D eigenvalue weighted by Gasteiger charge is 2.32. The largest absolute Gasteiger partial charge is 0.445 e. The third kappa shape index (κ3) is 4.73. The number of Topliss-reactive ketones (excluding diaryl/α,β-unsaturated/α-hetero) is 1. The number of alkyl carbamates (subject to hydrolysis) is 1. The van der Waals surface area contributed by atoms with Crippen molar-refractivity contribution < 1.29 is 19.1 Å². The van der Waals surface area contributed by atoms with Gasteiger partial charge in [-0.3, -0.25) is 9.59 Å². The van der Waals surface area contributed by atoms with Crippen LogP contribution in [0.2, 0.25) is 0 Å². The van der Waals surface area contributed by atoms with E-state index in [0.29, 0.717) is 12.8 Å². The van der Waals surface area contributed by atoms with Gasteiger partial charge in [-0.1, -0.05) is 48.5 Å². The lowest BCUT2D eigenvalue weighted by Gasteiger charge is -2.25. The summed E-state index contributed by atoms with van der Waals surface area (Å²) in [6, 6.07) is 16.1. The van der Waals surface area contributed by atoms with Crippen molar-refractivity contribution in [2.24, 2.45) is 0 Å². The molecule has 2 aromatic rings. The number of anilines is 1. The first-order valence-electron chi connectivity index (χ1n) is 8.90. The Labute approximate surface area is 158 Å². The number of nitrogens with zero attached hydrogens (tertiary/aromatic N) is 1. The lowest BCUT2D eigenvalue weighted by Crippen LogP contribution is -2.49. The fraction of sp³-hybridized carbons (Fsp3) is 0.286. The van der Waals surface area contributed by atoms with Gasteiger partial charge in [0.1, 0.15) is 18.4 Å². The number of amides is 2. The van der Waals surface area contributed by atoms with Gasteiger partial charge in [-0.15, -0.1) is 0 Å². The van der Waals surface area contributed by atoms with Gasteiger partial charge in [-0.05, 0) is 37.0 Å². The quantitative estimate of drug-likeness (QED) is 0.883. The number of hydrogen-bond donors (Lipinski definition) is 1. The van der Waals surface area contributed by atoms with Crippen LogP contribution in [0.1, 0.15) is 24.5 Å². The number of carbonyl (C=O) groups is 3. The standard InChI is InChI=1S/C21H22N2O4/c1-15(24)13-23-19-10-6-5-9-17(19)11-12-18(20(23)25)22-21(26)27-14-16-7-3-2-4-8-16/h2-10,18H,11-14H2,1H3,(H,22,26)/t18-/m1/s1. The Morgan fingerprint density at radius 3 is 2.56 bits per heavy atom. The summed E-state index contributed by atoms with van der Waals surface area (Å²) in [5.74, 6) is -0.419. The molecule has 0 bridgehead atoms. The predicted molar refractivity (Wildman–Crippen MR) is 101 cm³/mol. The first-order chi connectivity index (χ1) is 13.0. The fourth-order valence-corrected chi connectivity index (χ4v) is 3.14. The molecule has 27 heavy (non-hydrogen) atoms. The molecule has 0 fully saturated rings. The van der Waals surface area contributed by atoms with E-state index in [-0.39, 0.29) is 24.8 Å². The van der Waals surface area contributed by atoms with Crippen molar-refractivity contribution >= 4 is 23.5 Å². The minimum Gasteiger partial charge on any atom is -0.445 e. The Balaban J connectivity index is 1.69. The molecule has 3 rings (SSSR count). The smallest absolute Gasteiger partial charge is 0.408 e. The summed E-state index contributed by atoms with van der Waals surface area (Å²) in [5.41, 5.74) is 2.57. The van der Waals surface area contributed by atoms with Crippen LogP contribution >= 0.6 is 0 Å². The lowest BCUT2D eigenvalue weighted by atomic mass is 10.1. The topological polar surface area (TPSA) is 75.7 Å². The van der Waals surface area contributed by atoms with Gasteiger partial charge in [0.2, 0.25) is 5.91 Å². The molecule has 0 aromatic heterocycles. The van der Waals surface area contributed by atoms with Crippen LogP contribution < -0.4 is 10.2 Å². The highest BCUT2D eigenvalue weighted by molar-refractivity contribution is 6.03. The van der Waals surface area contributed by atoms with Crippen LogP contribution in [0.5, 0.6) is 0 Å². The molecular weight excluding hydrogens is 344 g/mol. The van der Waals surface area contributed by atoms with E-state index >= 15 is 0 Å². The van der Waals surface area contributed by atoms with Crippen LogP contribution in [-0.2, 0) is 27.4 Å². The van der Waals surface area contributed by atoms with Crippen LogP contribution in [0.15, 0.2) is 54.6 Å². The summed E-state index contributed by atoms with van der Waals surface area (Å²) in [7, 11) is 0. The highest BCUT2D eigenvalue weighted by Crippen LogP contribution is 2.27. The second-order valence-electron chi connectivity index (χ2n) is 6.55. The van der Waals surface area contributed by atoms with Gasteiger partial charge in [0.25, 0.3) is 0 Å². The predicted octanol–water partition coefficient (Wildman–Crippen LogP) is 2.85. The number of hydrogen-bond acceptors (Lipinski definition) is 4. The van der Waals surface area contributed by atoms with Gasteiger partial charge in [0, 0.05) is 5.69 Å². The van der Waals surface area contributed by atoms with E-state index in [1.54, 1.807) is 0 Å². The van der Waals surface area contributed by atoms with Crippen molar-refractivity contribution in [3.8, 4) is 0 Å². The fourth-order valence-electron chi connectivity index (χ4n) is 3.14. The molecule has 1 aliphatic rings. The molecule has 6 heteroatoms. The number of para-hydroxylation sites is 1. The summed E-state index contributed by atoms with van der Waals surface area (Å²) in [5, 5.41) is 2.65. The van der Waals surface area contributed by atoms with Gasteiger partial charge in [-0.2, -0.15) is 0 Å². The molecule has 2 aromatic carbocycles. The van der Waals surface area contributed by atoms with Crippen molar-refractivity contribution in [3.63, 3.8) is 0 Å². The number of aryl methyl sites for hydroxylation is 1. The number of nitrogens with one attached hydrogen (secondary N) is 1. The molecule has 6 nitrogen and oxygen atoms in total. The molecule has 0 unspecified atom stereocenters. The third-order valence-electron chi connectivity index (χ3n) is 4.43. The van der Waals surface area contributed by atoms with Crippen LogP contribution in [0.4, 0.5) is 10.5 Å². The van der Waals surface area contributed by atoms with Crippen molar-refractivity contribution in [1.82, 2.24) is 5.32 Å². The number of carbonyl (C=O) groups excluding carboxylic acids is 3. The maximum absolute atomic E-state index is 13.0. The molecule has 1 atom stereocenters. The average molecular weight is 366 g/mol. The van der Waals surface area contributed by atoms with Crippen molar-refractivity contribution in [3.05, 3.63) is 65.7 Å². The van der Waals surface area contributed by atoms with E-state index < -0.39 is 12.1 Å². The SMILES string of the molecule is CC(=O)CN1C(=O)[C@H](NC(=O)OCc2ccccc2)CCc2ccccc21. The molecule has 1 N–H and O–H groups in total. The van der Waals surface area contributed by atoms with Gasteiger partial charge in [0.15, 0.2) is 0 Å². The maximum Gasteiger partial charge on any atom is 0.408 e. The number of fused-ring (bicyclic) bond motifs is 1. The zero-order valence-corrected chi connectivity index (χ0v) is 15.2. The van der Waals surface area contributed by atoms with Crippen LogP contribution in [0.3, 0.4) is 0 Å². The van der Waals surface area contributed by atoms with Crippen LogP contribution in [0, 0.1) is 0 Å². The third-order valence-corrected chi connectivity index (χ3v) is 4.43. The summed E-state index contributed by atoms with van der Waals surface area (Å²) < 4.78 is 5.23. The average Bonchev–Trinajstić information content (AvgIpc) is 2.79. The molecule has 0 saturated carbocycles.